The topological polar surface area (TPSA) is 66.9 Å². The van der Waals surface area contributed by atoms with Crippen LogP contribution < -0.4 is 9.64 Å². The van der Waals surface area contributed by atoms with Crippen LogP contribution in [0.3, 0.4) is 0 Å². The van der Waals surface area contributed by atoms with Crippen LogP contribution in [-0.2, 0) is 14.4 Å². The van der Waals surface area contributed by atoms with Crippen LogP contribution in [0.4, 0.5) is 5.69 Å². The molecule has 6 nitrogen and oxygen atoms in total. The lowest BCUT2D eigenvalue weighted by Crippen LogP contribution is -2.59. The molecule has 1 aromatic rings. The minimum absolute atomic E-state index is 0.0857. The van der Waals surface area contributed by atoms with Gasteiger partial charge in [0.2, 0.25) is 11.8 Å². The highest BCUT2D eigenvalue weighted by Crippen LogP contribution is 2.61. The second-order valence-electron chi connectivity index (χ2n) is 11.6. The Morgan fingerprint density at radius 2 is 1.59 bits per heavy atom. The van der Waals surface area contributed by atoms with Gasteiger partial charge >= 0.3 is 0 Å². The average Bonchev–Trinajstić information content (AvgIpc) is 3.43. The van der Waals surface area contributed by atoms with Crippen molar-refractivity contribution in [3.05, 3.63) is 24.3 Å². The van der Waals surface area contributed by atoms with Crippen LogP contribution in [-0.4, -0.2) is 41.3 Å². The molecule has 1 aromatic carbocycles. The van der Waals surface area contributed by atoms with Crippen LogP contribution in [0.2, 0.25) is 0 Å². The van der Waals surface area contributed by atoms with Crippen molar-refractivity contribution in [3.8, 4) is 5.75 Å². The predicted molar refractivity (Wildman–Crippen MR) is 128 cm³/mol. The zero-order chi connectivity index (χ0) is 23.4. The van der Waals surface area contributed by atoms with Crippen molar-refractivity contribution >= 4 is 23.4 Å². The molecule has 182 valence electrons. The molecule has 1 unspecified atom stereocenters. The molecule has 1 aliphatic heterocycles. The second kappa shape index (κ2) is 8.39. The molecule has 6 heteroatoms. The van der Waals surface area contributed by atoms with E-state index >= 15 is 0 Å². The number of anilines is 1. The number of ether oxygens (including phenoxy) is 1. The van der Waals surface area contributed by atoms with Crippen molar-refractivity contribution in [1.29, 1.82) is 0 Å². The molecule has 6 fully saturated rings. The maximum atomic E-state index is 14.4. The summed E-state index contributed by atoms with van der Waals surface area (Å²) in [6.07, 6.45) is 11.0. The van der Waals surface area contributed by atoms with Crippen molar-refractivity contribution in [2.75, 3.05) is 11.5 Å². The van der Waals surface area contributed by atoms with Crippen LogP contribution in [0, 0.1) is 23.2 Å². The van der Waals surface area contributed by atoms with E-state index in [-0.39, 0.29) is 35.6 Å². The maximum absolute atomic E-state index is 14.4. The summed E-state index contributed by atoms with van der Waals surface area (Å²) in [6.45, 7) is 2.48. The summed E-state index contributed by atoms with van der Waals surface area (Å²) in [4.78, 5) is 44.5. The van der Waals surface area contributed by atoms with Gasteiger partial charge in [-0.25, -0.2) is 4.90 Å². The molecule has 1 saturated heterocycles. The number of carbonyl (C=O) groups excluding carboxylic acids is 3. The van der Waals surface area contributed by atoms with Crippen molar-refractivity contribution < 1.29 is 19.1 Å². The summed E-state index contributed by atoms with van der Waals surface area (Å²) < 4.78 is 5.51. The van der Waals surface area contributed by atoms with E-state index in [4.69, 9.17) is 4.74 Å². The minimum atomic E-state index is -0.664. The van der Waals surface area contributed by atoms with Crippen LogP contribution in [0.5, 0.6) is 5.75 Å². The molecule has 34 heavy (non-hydrogen) atoms. The van der Waals surface area contributed by atoms with E-state index in [0.717, 1.165) is 44.9 Å². The lowest BCUT2D eigenvalue weighted by Gasteiger charge is -2.57. The fraction of sp³-hybridized carbons (Fsp3) is 0.679. The number of amides is 3. The van der Waals surface area contributed by atoms with Gasteiger partial charge in [0, 0.05) is 6.04 Å². The quantitative estimate of drug-likeness (QED) is 0.572. The largest absolute Gasteiger partial charge is 0.494 e. The number of benzene rings is 1. The third kappa shape index (κ3) is 3.56. The Balaban J connectivity index is 1.29. The van der Waals surface area contributed by atoms with Gasteiger partial charge in [0.1, 0.15) is 11.8 Å². The molecule has 5 saturated carbocycles. The summed E-state index contributed by atoms with van der Waals surface area (Å²) >= 11 is 0. The first-order valence-corrected chi connectivity index (χ1v) is 13.4. The van der Waals surface area contributed by atoms with E-state index in [1.54, 1.807) is 24.3 Å². The maximum Gasteiger partial charge on any atom is 0.257 e. The van der Waals surface area contributed by atoms with E-state index in [2.05, 4.69) is 0 Å². The van der Waals surface area contributed by atoms with E-state index < -0.39 is 6.04 Å². The molecular weight excluding hydrogens is 428 g/mol. The SMILES string of the molecule is CCOc1ccc(N2C(=O)CC(N(C(=O)C34CC5CC(CC(C5)C3)C4)C3CCCC3)C2=O)cc1. The summed E-state index contributed by atoms with van der Waals surface area (Å²) in [6, 6.07) is 6.54. The standard InChI is InChI=1S/C28H36N2O4/c1-2-34-23-9-7-22(8-10-23)30-25(31)14-24(26(30)32)29(21-5-3-4-6-21)27(33)28-15-18-11-19(16-28)13-20(12-18)17-28/h7-10,18-21,24H,2-6,11-17H2,1H3. The number of rotatable bonds is 6. The number of imide groups is 1. The number of hydrogen-bond acceptors (Lipinski definition) is 4. The van der Waals surface area contributed by atoms with Crippen LogP contribution in [0.25, 0.3) is 0 Å². The Morgan fingerprint density at radius 1 is 1.00 bits per heavy atom. The third-order valence-corrected chi connectivity index (χ3v) is 9.31. The Bertz CT molecular complexity index is 945. The highest BCUT2D eigenvalue weighted by Gasteiger charge is 2.58. The molecule has 1 atom stereocenters. The Hall–Kier alpha value is -2.37. The molecule has 3 amide bonds. The van der Waals surface area contributed by atoms with Crippen LogP contribution in [0.15, 0.2) is 24.3 Å². The van der Waals surface area contributed by atoms with Crippen LogP contribution >= 0.6 is 0 Å². The second-order valence-corrected chi connectivity index (χ2v) is 11.6. The van der Waals surface area contributed by atoms with Crippen molar-refractivity contribution in [2.24, 2.45) is 23.2 Å². The summed E-state index contributed by atoms with van der Waals surface area (Å²) in [5, 5.41) is 0. The number of nitrogens with zero attached hydrogens (tertiary/aromatic N) is 2. The lowest BCUT2D eigenvalue weighted by molar-refractivity contribution is -0.164. The zero-order valence-corrected chi connectivity index (χ0v) is 20.2. The molecule has 7 rings (SSSR count). The highest BCUT2D eigenvalue weighted by molar-refractivity contribution is 6.23. The highest BCUT2D eigenvalue weighted by atomic mass is 16.5. The average molecular weight is 465 g/mol. The molecule has 0 spiro atoms. The Labute approximate surface area is 202 Å². The molecule has 1 heterocycles. The third-order valence-electron chi connectivity index (χ3n) is 9.31. The van der Waals surface area contributed by atoms with Gasteiger partial charge in [0.15, 0.2) is 0 Å². The molecule has 6 aliphatic rings. The first-order chi connectivity index (χ1) is 16.5. The molecular formula is C28H36N2O4. The van der Waals surface area contributed by atoms with Crippen LogP contribution in [0.1, 0.15) is 77.6 Å². The number of carbonyl (C=O) groups is 3. The van der Waals surface area contributed by atoms with Crippen molar-refractivity contribution in [2.45, 2.75) is 89.6 Å². The summed E-state index contributed by atoms with van der Waals surface area (Å²) in [5.74, 6) is 2.47. The smallest absolute Gasteiger partial charge is 0.257 e. The molecule has 0 radical (unpaired) electrons. The molecule has 4 bridgehead atoms. The van der Waals surface area contributed by atoms with Crippen molar-refractivity contribution in [1.82, 2.24) is 4.90 Å². The zero-order valence-electron chi connectivity index (χ0n) is 20.2. The van der Waals surface area contributed by atoms with E-state index in [9.17, 15) is 14.4 Å². The monoisotopic (exact) mass is 464 g/mol. The van der Waals surface area contributed by atoms with E-state index in [1.807, 2.05) is 11.8 Å². The van der Waals surface area contributed by atoms with Gasteiger partial charge in [-0.1, -0.05) is 12.8 Å². The van der Waals surface area contributed by atoms with Gasteiger partial charge in [0.25, 0.3) is 5.91 Å². The Kier molecular flexibility index (Phi) is 5.45. The fourth-order valence-corrected chi connectivity index (χ4v) is 8.35. The van der Waals surface area contributed by atoms with E-state index in [0.29, 0.717) is 35.8 Å². The van der Waals surface area contributed by atoms with Crippen molar-refractivity contribution in [3.63, 3.8) is 0 Å². The van der Waals surface area contributed by atoms with Gasteiger partial charge < -0.3 is 9.64 Å². The lowest BCUT2D eigenvalue weighted by atomic mass is 9.49. The van der Waals surface area contributed by atoms with Gasteiger partial charge in [-0.15, -0.1) is 0 Å². The molecule has 5 aliphatic carbocycles. The first-order valence-electron chi connectivity index (χ1n) is 13.4. The Morgan fingerprint density at radius 3 is 2.15 bits per heavy atom. The number of hydrogen-bond donors (Lipinski definition) is 0. The van der Waals surface area contributed by atoms with Gasteiger partial charge in [-0.3, -0.25) is 14.4 Å². The predicted octanol–water partition coefficient (Wildman–Crippen LogP) is 4.70. The first kappa shape index (κ1) is 22.1. The van der Waals surface area contributed by atoms with Gasteiger partial charge in [-0.2, -0.15) is 0 Å². The normalized spacial score (nSPS) is 34.8. The fourth-order valence-electron chi connectivity index (χ4n) is 8.35. The van der Waals surface area contributed by atoms with E-state index in [1.165, 1.54) is 24.2 Å². The summed E-state index contributed by atoms with van der Waals surface area (Å²) in [7, 11) is 0. The minimum Gasteiger partial charge on any atom is -0.494 e. The molecule has 0 N–H and O–H groups in total. The molecule has 0 aromatic heterocycles. The summed E-state index contributed by atoms with van der Waals surface area (Å²) in [5.41, 5.74) is 0.266. The van der Waals surface area contributed by atoms with Gasteiger partial charge in [0.05, 0.1) is 24.1 Å². The van der Waals surface area contributed by atoms with Gasteiger partial charge in [-0.05, 0) is 100 Å².